The molecule has 0 spiro atoms. The maximum atomic E-state index is 12.5. The molecular weight excluding hydrogens is 296 g/mol. The molecule has 0 aliphatic rings. The largest absolute Gasteiger partial charge is 0.359 e. The van der Waals surface area contributed by atoms with E-state index in [0.29, 0.717) is 5.69 Å². The van der Waals surface area contributed by atoms with E-state index in [4.69, 9.17) is 0 Å². The van der Waals surface area contributed by atoms with Gasteiger partial charge in [-0.2, -0.15) is 0 Å². The summed E-state index contributed by atoms with van der Waals surface area (Å²) in [5.41, 5.74) is 3.61. The number of hydrogen-bond donors (Lipinski definition) is 2. The van der Waals surface area contributed by atoms with Crippen LogP contribution in [0.25, 0.3) is 10.9 Å². The lowest BCUT2D eigenvalue weighted by Crippen LogP contribution is -2.13. The van der Waals surface area contributed by atoms with E-state index in [1.54, 1.807) is 18.2 Å². The summed E-state index contributed by atoms with van der Waals surface area (Å²) in [6.45, 7) is 3.98. The second-order valence-corrected chi connectivity index (χ2v) is 7.00. The van der Waals surface area contributed by atoms with Crippen LogP contribution >= 0.6 is 0 Å². The van der Waals surface area contributed by atoms with Crippen molar-refractivity contribution >= 4 is 26.6 Å². The second kappa shape index (κ2) is 5.50. The first-order valence-corrected chi connectivity index (χ1v) is 8.68. The van der Waals surface area contributed by atoms with Gasteiger partial charge in [0.1, 0.15) is 0 Å². The summed E-state index contributed by atoms with van der Waals surface area (Å²) >= 11 is 0. The average molecular weight is 314 g/mol. The fourth-order valence-electron chi connectivity index (χ4n) is 2.49. The number of hydrogen-bond acceptors (Lipinski definition) is 2. The van der Waals surface area contributed by atoms with E-state index in [1.165, 1.54) is 0 Å². The Hall–Kier alpha value is -2.27. The third-order valence-corrected chi connectivity index (χ3v) is 5.07. The third kappa shape index (κ3) is 2.72. The van der Waals surface area contributed by atoms with Gasteiger partial charge in [-0.05, 0) is 49.2 Å². The Bertz CT molecular complexity index is 909. The number of aryl methyl sites for hydroxylation is 2. The van der Waals surface area contributed by atoms with Gasteiger partial charge in [0, 0.05) is 16.6 Å². The van der Waals surface area contributed by atoms with Crippen molar-refractivity contribution in [3.05, 3.63) is 59.8 Å². The van der Waals surface area contributed by atoms with Gasteiger partial charge in [-0.15, -0.1) is 0 Å². The zero-order valence-corrected chi connectivity index (χ0v) is 13.4. The predicted molar refractivity (Wildman–Crippen MR) is 89.7 cm³/mol. The van der Waals surface area contributed by atoms with E-state index < -0.39 is 10.0 Å². The topological polar surface area (TPSA) is 62.0 Å². The molecule has 0 saturated heterocycles. The van der Waals surface area contributed by atoms with E-state index in [0.717, 1.165) is 28.6 Å². The molecule has 3 rings (SSSR count). The Kier molecular flexibility index (Phi) is 3.66. The molecule has 2 aromatic carbocycles. The summed E-state index contributed by atoms with van der Waals surface area (Å²) in [6, 6.07) is 14.4. The zero-order valence-electron chi connectivity index (χ0n) is 12.6. The number of aromatic nitrogens is 1. The molecule has 2 N–H and O–H groups in total. The summed E-state index contributed by atoms with van der Waals surface area (Å²) in [7, 11) is -3.58. The lowest BCUT2D eigenvalue weighted by molar-refractivity contribution is 0.601. The van der Waals surface area contributed by atoms with Crippen molar-refractivity contribution in [2.45, 2.75) is 25.2 Å². The average Bonchev–Trinajstić information content (AvgIpc) is 2.88. The number of rotatable bonds is 4. The minimum atomic E-state index is -3.58. The van der Waals surface area contributed by atoms with E-state index in [-0.39, 0.29) is 4.90 Å². The zero-order chi connectivity index (χ0) is 15.7. The number of benzene rings is 2. The third-order valence-electron chi connectivity index (χ3n) is 3.69. The first-order chi connectivity index (χ1) is 10.5. The monoisotopic (exact) mass is 314 g/mol. The van der Waals surface area contributed by atoms with Crippen LogP contribution in [-0.2, 0) is 16.4 Å². The van der Waals surface area contributed by atoms with Crippen molar-refractivity contribution in [3.8, 4) is 0 Å². The Labute approximate surface area is 130 Å². The van der Waals surface area contributed by atoms with E-state index in [1.807, 2.05) is 44.2 Å². The highest BCUT2D eigenvalue weighted by molar-refractivity contribution is 7.92. The summed E-state index contributed by atoms with van der Waals surface area (Å²) < 4.78 is 27.7. The fourth-order valence-corrected chi connectivity index (χ4v) is 3.57. The summed E-state index contributed by atoms with van der Waals surface area (Å²) in [5.74, 6) is 0. The molecule has 0 radical (unpaired) electrons. The van der Waals surface area contributed by atoms with Crippen molar-refractivity contribution in [1.82, 2.24) is 4.98 Å². The van der Waals surface area contributed by atoms with Gasteiger partial charge < -0.3 is 4.98 Å². The van der Waals surface area contributed by atoms with Crippen LogP contribution < -0.4 is 4.72 Å². The lowest BCUT2D eigenvalue weighted by Gasteiger charge is -2.09. The number of fused-ring (bicyclic) bond motifs is 1. The molecule has 114 valence electrons. The Morgan fingerprint density at radius 3 is 2.50 bits per heavy atom. The van der Waals surface area contributed by atoms with Gasteiger partial charge in [0.2, 0.25) is 0 Å². The van der Waals surface area contributed by atoms with Crippen molar-refractivity contribution < 1.29 is 8.42 Å². The lowest BCUT2D eigenvalue weighted by atomic mass is 10.2. The first kappa shape index (κ1) is 14.7. The van der Waals surface area contributed by atoms with E-state index in [9.17, 15) is 8.42 Å². The fraction of sp³-hybridized carbons (Fsp3) is 0.176. The van der Waals surface area contributed by atoms with Crippen LogP contribution in [0.4, 0.5) is 5.69 Å². The van der Waals surface area contributed by atoms with Gasteiger partial charge in [0.05, 0.1) is 10.6 Å². The standard InChI is InChI=1S/C17H18N2O2S/c1-3-13-7-9-14(10-8-13)22(20,21)19-17-6-4-5-16-15(17)11-12(2)18-16/h4-11,18-19H,3H2,1-2H3. The molecular formula is C17H18N2O2S. The van der Waals surface area contributed by atoms with Gasteiger partial charge in [-0.25, -0.2) is 8.42 Å². The number of nitrogens with one attached hydrogen (secondary N) is 2. The van der Waals surface area contributed by atoms with Crippen LogP contribution in [0, 0.1) is 6.92 Å². The number of aromatic amines is 1. The van der Waals surface area contributed by atoms with Gasteiger partial charge in [-0.1, -0.05) is 25.1 Å². The minimum absolute atomic E-state index is 0.272. The van der Waals surface area contributed by atoms with Gasteiger partial charge in [0.15, 0.2) is 0 Å². The van der Waals surface area contributed by atoms with Crippen molar-refractivity contribution in [2.24, 2.45) is 0 Å². The van der Waals surface area contributed by atoms with Crippen molar-refractivity contribution in [2.75, 3.05) is 4.72 Å². The second-order valence-electron chi connectivity index (χ2n) is 5.32. The van der Waals surface area contributed by atoms with Crippen molar-refractivity contribution in [1.29, 1.82) is 0 Å². The van der Waals surface area contributed by atoms with Gasteiger partial charge in [-0.3, -0.25) is 4.72 Å². The molecule has 5 heteroatoms. The van der Waals surface area contributed by atoms with Crippen LogP contribution in [0.1, 0.15) is 18.2 Å². The SMILES string of the molecule is CCc1ccc(S(=O)(=O)Nc2cccc3[nH]c(C)cc23)cc1. The molecule has 22 heavy (non-hydrogen) atoms. The first-order valence-electron chi connectivity index (χ1n) is 7.19. The van der Waals surface area contributed by atoms with Crippen LogP contribution in [0.15, 0.2) is 53.4 Å². The molecule has 4 nitrogen and oxygen atoms in total. The summed E-state index contributed by atoms with van der Waals surface area (Å²) in [5, 5.41) is 0.869. The molecule has 0 saturated carbocycles. The van der Waals surface area contributed by atoms with Gasteiger partial charge >= 0.3 is 0 Å². The highest BCUT2D eigenvalue weighted by Crippen LogP contribution is 2.26. The Morgan fingerprint density at radius 1 is 1.09 bits per heavy atom. The quantitative estimate of drug-likeness (QED) is 0.768. The minimum Gasteiger partial charge on any atom is -0.359 e. The normalized spacial score (nSPS) is 11.7. The molecule has 0 aliphatic carbocycles. The molecule has 3 aromatic rings. The maximum Gasteiger partial charge on any atom is 0.261 e. The van der Waals surface area contributed by atoms with Crippen LogP contribution in [-0.4, -0.2) is 13.4 Å². The molecule has 1 heterocycles. The number of H-pyrrole nitrogens is 1. The highest BCUT2D eigenvalue weighted by Gasteiger charge is 2.15. The van der Waals surface area contributed by atoms with Crippen LogP contribution in [0.5, 0.6) is 0 Å². The number of sulfonamides is 1. The molecule has 0 aliphatic heterocycles. The molecule has 1 aromatic heterocycles. The highest BCUT2D eigenvalue weighted by atomic mass is 32.2. The molecule has 0 unspecified atom stereocenters. The summed E-state index contributed by atoms with van der Waals surface area (Å²) in [6.07, 6.45) is 0.885. The predicted octanol–water partition coefficient (Wildman–Crippen LogP) is 3.84. The molecule has 0 atom stereocenters. The smallest absolute Gasteiger partial charge is 0.261 e. The number of anilines is 1. The van der Waals surface area contributed by atoms with Gasteiger partial charge in [0.25, 0.3) is 10.0 Å². The Balaban J connectivity index is 1.98. The van der Waals surface area contributed by atoms with Crippen LogP contribution in [0.3, 0.4) is 0 Å². The van der Waals surface area contributed by atoms with E-state index in [2.05, 4.69) is 9.71 Å². The molecule has 0 amide bonds. The summed E-state index contributed by atoms with van der Waals surface area (Å²) in [4.78, 5) is 3.48. The molecule has 0 fully saturated rings. The van der Waals surface area contributed by atoms with E-state index >= 15 is 0 Å². The van der Waals surface area contributed by atoms with Crippen molar-refractivity contribution in [3.63, 3.8) is 0 Å². The Morgan fingerprint density at radius 2 is 1.82 bits per heavy atom. The van der Waals surface area contributed by atoms with Crippen LogP contribution in [0.2, 0.25) is 0 Å². The maximum absolute atomic E-state index is 12.5. The molecule has 0 bridgehead atoms.